The first-order valence-electron chi connectivity index (χ1n) is 9.39. The van der Waals surface area contributed by atoms with Crippen LogP contribution in [0.4, 0.5) is 0 Å². The third kappa shape index (κ3) is 5.46. The number of amides is 1. The third-order valence-electron chi connectivity index (χ3n) is 5.00. The van der Waals surface area contributed by atoms with Crippen molar-refractivity contribution in [1.29, 1.82) is 0 Å². The molecule has 0 saturated carbocycles. The van der Waals surface area contributed by atoms with Crippen molar-refractivity contribution >= 4 is 33.4 Å². The molecule has 0 aliphatic carbocycles. The lowest BCUT2D eigenvalue weighted by Crippen LogP contribution is -2.39. The van der Waals surface area contributed by atoms with Gasteiger partial charge in [0.05, 0.1) is 11.5 Å². The summed E-state index contributed by atoms with van der Waals surface area (Å²) in [6, 6.07) is 15.0. The van der Waals surface area contributed by atoms with E-state index < -0.39 is 9.84 Å². The SMILES string of the molecule is CCc1ccc(CN(C(=O)/C=C/c2ccc(Cl)cc2)C2CCS(=O)(=O)C2)cc1. The normalized spacial score (nSPS) is 18.4. The van der Waals surface area contributed by atoms with Gasteiger partial charge in [0.15, 0.2) is 9.84 Å². The molecule has 1 aliphatic rings. The predicted molar refractivity (Wildman–Crippen MR) is 114 cm³/mol. The van der Waals surface area contributed by atoms with E-state index in [1.807, 2.05) is 36.4 Å². The second-order valence-corrected chi connectivity index (χ2v) is 9.74. The molecule has 0 aromatic heterocycles. The minimum Gasteiger partial charge on any atom is -0.331 e. The predicted octanol–water partition coefficient (Wildman–Crippen LogP) is 4.13. The molecule has 1 fully saturated rings. The van der Waals surface area contributed by atoms with Crippen molar-refractivity contribution in [2.75, 3.05) is 11.5 Å². The van der Waals surface area contributed by atoms with Crippen LogP contribution in [-0.4, -0.2) is 36.8 Å². The Hall–Kier alpha value is -2.11. The van der Waals surface area contributed by atoms with Crippen LogP contribution in [0.2, 0.25) is 5.02 Å². The molecule has 3 rings (SSSR count). The minimum atomic E-state index is -3.08. The molecule has 1 atom stereocenters. The van der Waals surface area contributed by atoms with Crippen molar-refractivity contribution in [2.45, 2.75) is 32.4 Å². The molecule has 1 unspecified atom stereocenters. The van der Waals surface area contributed by atoms with Crippen LogP contribution in [-0.2, 0) is 27.6 Å². The smallest absolute Gasteiger partial charge is 0.247 e. The van der Waals surface area contributed by atoms with Gasteiger partial charge in [-0.3, -0.25) is 4.79 Å². The highest BCUT2D eigenvalue weighted by Crippen LogP contribution is 2.21. The first-order valence-corrected chi connectivity index (χ1v) is 11.6. The van der Waals surface area contributed by atoms with Crippen LogP contribution in [0.25, 0.3) is 6.08 Å². The zero-order valence-electron chi connectivity index (χ0n) is 15.8. The Kier molecular flexibility index (Phi) is 6.57. The van der Waals surface area contributed by atoms with Crippen LogP contribution >= 0.6 is 11.6 Å². The fraction of sp³-hybridized carbons (Fsp3) is 0.318. The summed E-state index contributed by atoms with van der Waals surface area (Å²) < 4.78 is 23.9. The molecule has 0 N–H and O–H groups in total. The van der Waals surface area contributed by atoms with Crippen LogP contribution in [0, 0.1) is 0 Å². The second kappa shape index (κ2) is 8.93. The summed E-state index contributed by atoms with van der Waals surface area (Å²) in [5, 5.41) is 0.636. The monoisotopic (exact) mass is 417 g/mol. The largest absolute Gasteiger partial charge is 0.331 e. The summed E-state index contributed by atoms with van der Waals surface area (Å²) in [7, 11) is -3.08. The number of sulfone groups is 1. The van der Waals surface area contributed by atoms with Gasteiger partial charge >= 0.3 is 0 Å². The highest BCUT2D eigenvalue weighted by molar-refractivity contribution is 7.91. The van der Waals surface area contributed by atoms with Gasteiger partial charge in [0.25, 0.3) is 0 Å². The number of hydrogen-bond donors (Lipinski definition) is 0. The average Bonchev–Trinajstić information content (AvgIpc) is 3.05. The molecule has 4 nitrogen and oxygen atoms in total. The Morgan fingerprint density at radius 1 is 1.11 bits per heavy atom. The Bertz CT molecular complexity index is 950. The number of carbonyl (C=O) groups is 1. The topological polar surface area (TPSA) is 54.5 Å². The highest BCUT2D eigenvalue weighted by Gasteiger charge is 2.34. The first-order chi connectivity index (χ1) is 13.4. The third-order valence-corrected chi connectivity index (χ3v) is 7.01. The Labute approximate surface area is 171 Å². The summed E-state index contributed by atoms with van der Waals surface area (Å²) in [6.07, 6.45) is 4.67. The number of halogens is 1. The van der Waals surface area contributed by atoms with E-state index >= 15 is 0 Å². The average molecular weight is 418 g/mol. The van der Waals surface area contributed by atoms with E-state index in [2.05, 4.69) is 6.92 Å². The van der Waals surface area contributed by atoms with E-state index in [0.29, 0.717) is 18.0 Å². The minimum absolute atomic E-state index is 0.0283. The van der Waals surface area contributed by atoms with Gasteiger partial charge in [-0.25, -0.2) is 8.42 Å². The van der Waals surface area contributed by atoms with Gasteiger partial charge in [-0.05, 0) is 47.7 Å². The van der Waals surface area contributed by atoms with Crippen LogP contribution in [0.5, 0.6) is 0 Å². The highest BCUT2D eigenvalue weighted by atomic mass is 35.5. The molecule has 1 amide bonds. The van der Waals surface area contributed by atoms with Crippen molar-refractivity contribution in [2.24, 2.45) is 0 Å². The van der Waals surface area contributed by atoms with E-state index in [9.17, 15) is 13.2 Å². The quantitative estimate of drug-likeness (QED) is 0.664. The van der Waals surface area contributed by atoms with Crippen molar-refractivity contribution < 1.29 is 13.2 Å². The zero-order valence-corrected chi connectivity index (χ0v) is 17.4. The van der Waals surface area contributed by atoms with E-state index in [0.717, 1.165) is 17.5 Å². The summed E-state index contributed by atoms with van der Waals surface area (Å²) in [5.41, 5.74) is 3.09. The van der Waals surface area contributed by atoms with Crippen LogP contribution in [0.1, 0.15) is 30.0 Å². The number of nitrogens with zero attached hydrogens (tertiary/aromatic N) is 1. The van der Waals surface area contributed by atoms with Crippen molar-refractivity contribution in [1.82, 2.24) is 4.90 Å². The molecule has 148 valence electrons. The molecule has 2 aromatic rings. The fourth-order valence-corrected chi connectivity index (χ4v) is 5.18. The van der Waals surface area contributed by atoms with Gasteiger partial charge in [-0.1, -0.05) is 54.9 Å². The number of aryl methyl sites for hydroxylation is 1. The molecular formula is C22H24ClNO3S. The number of carbonyl (C=O) groups excluding carboxylic acids is 1. The molecule has 1 heterocycles. The number of rotatable bonds is 6. The standard InChI is InChI=1S/C22H24ClNO3S/c1-2-17-3-5-19(6-4-17)15-24(21-13-14-28(26,27)16-21)22(25)12-9-18-7-10-20(23)11-8-18/h3-12,21H,2,13-16H2,1H3/b12-9+. The molecule has 1 aliphatic heterocycles. The van der Waals surface area contributed by atoms with Gasteiger partial charge in [0.1, 0.15) is 0 Å². The summed E-state index contributed by atoms with van der Waals surface area (Å²) in [6.45, 7) is 2.49. The number of benzene rings is 2. The maximum absolute atomic E-state index is 12.9. The molecule has 0 radical (unpaired) electrons. The maximum Gasteiger partial charge on any atom is 0.247 e. The molecule has 6 heteroatoms. The van der Waals surface area contributed by atoms with Crippen LogP contribution in [0.3, 0.4) is 0 Å². The second-order valence-electron chi connectivity index (χ2n) is 7.08. The van der Waals surface area contributed by atoms with Gasteiger partial charge in [0.2, 0.25) is 5.91 Å². The summed E-state index contributed by atoms with van der Waals surface area (Å²) >= 11 is 5.89. The van der Waals surface area contributed by atoms with Crippen molar-refractivity contribution in [3.8, 4) is 0 Å². The van der Waals surface area contributed by atoms with Crippen LogP contribution in [0.15, 0.2) is 54.6 Å². The van der Waals surface area contributed by atoms with Gasteiger partial charge < -0.3 is 4.90 Å². The Morgan fingerprint density at radius 3 is 2.32 bits per heavy atom. The summed E-state index contributed by atoms with van der Waals surface area (Å²) in [5.74, 6) is -0.0193. The lowest BCUT2D eigenvalue weighted by molar-refractivity contribution is -0.128. The molecule has 28 heavy (non-hydrogen) atoms. The van der Waals surface area contributed by atoms with E-state index in [-0.39, 0.29) is 23.5 Å². The molecule has 2 aromatic carbocycles. The maximum atomic E-state index is 12.9. The van der Waals surface area contributed by atoms with Crippen LogP contribution < -0.4 is 0 Å². The fourth-order valence-electron chi connectivity index (χ4n) is 3.32. The van der Waals surface area contributed by atoms with Gasteiger partial charge in [-0.15, -0.1) is 0 Å². The van der Waals surface area contributed by atoms with E-state index in [4.69, 9.17) is 11.6 Å². The van der Waals surface area contributed by atoms with Gasteiger partial charge in [0, 0.05) is 23.7 Å². The lowest BCUT2D eigenvalue weighted by Gasteiger charge is -2.27. The zero-order chi connectivity index (χ0) is 20.1. The Balaban J connectivity index is 1.80. The molecular weight excluding hydrogens is 394 g/mol. The first kappa shape index (κ1) is 20.6. The number of hydrogen-bond acceptors (Lipinski definition) is 3. The Morgan fingerprint density at radius 2 is 1.75 bits per heavy atom. The van der Waals surface area contributed by atoms with Crippen molar-refractivity contribution in [3.05, 3.63) is 76.3 Å². The molecule has 1 saturated heterocycles. The van der Waals surface area contributed by atoms with Gasteiger partial charge in [-0.2, -0.15) is 0 Å². The molecule has 0 spiro atoms. The van der Waals surface area contributed by atoms with Crippen molar-refractivity contribution in [3.63, 3.8) is 0 Å². The lowest BCUT2D eigenvalue weighted by atomic mass is 10.1. The van der Waals surface area contributed by atoms with E-state index in [1.54, 1.807) is 23.1 Å². The summed E-state index contributed by atoms with van der Waals surface area (Å²) in [4.78, 5) is 14.6. The van der Waals surface area contributed by atoms with E-state index in [1.165, 1.54) is 11.6 Å². The molecule has 0 bridgehead atoms.